The highest BCUT2D eigenvalue weighted by Crippen LogP contribution is 2.58. The van der Waals surface area contributed by atoms with Gasteiger partial charge >= 0.3 is 0 Å². The molecule has 3 nitrogen and oxygen atoms in total. The van der Waals surface area contributed by atoms with Crippen LogP contribution in [0, 0.1) is 17.3 Å². The average molecular weight is 267 g/mol. The number of carbonyl (C=O) groups excluding carboxylic acids is 1. The third-order valence-corrected chi connectivity index (χ3v) is 5.83. The van der Waals surface area contributed by atoms with Crippen molar-refractivity contribution in [3.05, 3.63) is 0 Å². The highest BCUT2D eigenvalue weighted by molar-refractivity contribution is 5.56. The Morgan fingerprint density at radius 2 is 2.05 bits per heavy atom. The molecule has 0 heterocycles. The van der Waals surface area contributed by atoms with Gasteiger partial charge in [-0.1, -0.05) is 6.92 Å². The van der Waals surface area contributed by atoms with Crippen molar-refractivity contribution in [2.45, 2.75) is 57.5 Å². The van der Waals surface area contributed by atoms with E-state index in [4.69, 9.17) is 0 Å². The zero-order valence-corrected chi connectivity index (χ0v) is 12.7. The van der Waals surface area contributed by atoms with Gasteiger partial charge in [-0.15, -0.1) is 0 Å². The summed E-state index contributed by atoms with van der Waals surface area (Å²) in [6, 6.07) is 0. The van der Waals surface area contributed by atoms with Crippen molar-refractivity contribution in [2.75, 3.05) is 20.6 Å². The molecule has 0 amide bonds. The monoisotopic (exact) mass is 267 g/mol. The minimum Gasteiger partial charge on any atom is -0.389 e. The van der Waals surface area contributed by atoms with E-state index in [1.807, 2.05) is 0 Å². The normalized spacial score (nSPS) is 42.4. The fraction of sp³-hybridized carbons (Fsp3) is 0.938. The average Bonchev–Trinajstić information content (AvgIpc) is 2.60. The molecule has 0 saturated heterocycles. The molecule has 0 aromatic heterocycles. The highest BCUT2D eigenvalue weighted by atomic mass is 16.3. The summed E-state index contributed by atoms with van der Waals surface area (Å²) in [4.78, 5) is 13.4. The molecule has 2 fully saturated rings. The van der Waals surface area contributed by atoms with Crippen molar-refractivity contribution in [2.24, 2.45) is 17.3 Å². The van der Waals surface area contributed by atoms with Crippen LogP contribution in [-0.4, -0.2) is 42.5 Å². The van der Waals surface area contributed by atoms with Crippen LogP contribution in [0.15, 0.2) is 0 Å². The standard InChI is InChI=1S/C16H29NO2/c1-15-8-6-13(5-4-10-17(2)3)11-16(15,19)9-7-14(15)12-18/h12-14,19H,4-11H2,1-3H3/t13-,14+,15+,16-/m0/s1. The third kappa shape index (κ3) is 2.73. The molecule has 0 spiro atoms. The van der Waals surface area contributed by atoms with Gasteiger partial charge in [-0.05, 0) is 71.5 Å². The van der Waals surface area contributed by atoms with Crippen LogP contribution in [0.2, 0.25) is 0 Å². The second kappa shape index (κ2) is 5.53. The molecule has 0 unspecified atom stereocenters. The van der Waals surface area contributed by atoms with Gasteiger partial charge in [0.05, 0.1) is 5.60 Å². The van der Waals surface area contributed by atoms with Crippen molar-refractivity contribution in [3.63, 3.8) is 0 Å². The van der Waals surface area contributed by atoms with Crippen LogP contribution in [0.3, 0.4) is 0 Å². The fourth-order valence-corrected chi connectivity index (χ4v) is 4.34. The Labute approximate surface area is 117 Å². The summed E-state index contributed by atoms with van der Waals surface area (Å²) in [6.45, 7) is 3.26. The number of rotatable bonds is 5. The Kier molecular flexibility index (Phi) is 4.36. The third-order valence-electron chi connectivity index (χ3n) is 5.83. The van der Waals surface area contributed by atoms with Gasteiger partial charge < -0.3 is 14.8 Å². The van der Waals surface area contributed by atoms with E-state index in [2.05, 4.69) is 25.9 Å². The smallest absolute Gasteiger partial charge is 0.123 e. The molecule has 0 bridgehead atoms. The summed E-state index contributed by atoms with van der Waals surface area (Å²) < 4.78 is 0. The van der Waals surface area contributed by atoms with Gasteiger partial charge in [0.25, 0.3) is 0 Å². The number of aldehydes is 1. The first-order valence-corrected chi connectivity index (χ1v) is 7.74. The maximum Gasteiger partial charge on any atom is 0.123 e. The molecular weight excluding hydrogens is 238 g/mol. The number of carbonyl (C=O) groups is 1. The van der Waals surface area contributed by atoms with E-state index in [9.17, 15) is 9.90 Å². The van der Waals surface area contributed by atoms with E-state index in [1.54, 1.807) is 0 Å². The molecule has 0 radical (unpaired) electrons. The zero-order valence-electron chi connectivity index (χ0n) is 12.7. The Bertz CT molecular complexity index is 331. The topological polar surface area (TPSA) is 40.5 Å². The van der Waals surface area contributed by atoms with Gasteiger partial charge in [0, 0.05) is 11.3 Å². The van der Waals surface area contributed by atoms with Crippen LogP contribution >= 0.6 is 0 Å². The predicted octanol–water partition coefficient (Wildman–Crippen LogP) is 2.47. The maximum absolute atomic E-state index is 11.2. The lowest BCUT2D eigenvalue weighted by Gasteiger charge is -2.48. The Morgan fingerprint density at radius 3 is 2.68 bits per heavy atom. The molecule has 0 aromatic rings. The summed E-state index contributed by atoms with van der Waals surface area (Å²) in [6.07, 6.45) is 8.30. The van der Waals surface area contributed by atoms with Gasteiger partial charge in [-0.25, -0.2) is 0 Å². The van der Waals surface area contributed by atoms with Crippen molar-refractivity contribution >= 4 is 6.29 Å². The minimum absolute atomic E-state index is 0.0697. The summed E-state index contributed by atoms with van der Waals surface area (Å²) in [5, 5.41) is 11.0. The van der Waals surface area contributed by atoms with Crippen molar-refractivity contribution < 1.29 is 9.90 Å². The molecule has 4 atom stereocenters. The van der Waals surface area contributed by atoms with Gasteiger partial charge in [-0.2, -0.15) is 0 Å². The van der Waals surface area contributed by atoms with Gasteiger partial charge in [-0.3, -0.25) is 0 Å². The lowest BCUT2D eigenvalue weighted by molar-refractivity contribution is -0.132. The second-order valence-electron chi connectivity index (χ2n) is 7.28. The summed E-state index contributed by atoms with van der Waals surface area (Å²) >= 11 is 0. The van der Waals surface area contributed by atoms with Crippen LogP contribution in [0.5, 0.6) is 0 Å². The summed E-state index contributed by atoms with van der Waals surface area (Å²) in [5.41, 5.74) is -0.744. The molecule has 0 aromatic carbocycles. The Hall–Kier alpha value is -0.410. The first-order valence-electron chi connectivity index (χ1n) is 7.74. The number of nitrogens with zero attached hydrogens (tertiary/aromatic N) is 1. The lowest BCUT2D eigenvalue weighted by atomic mass is 9.60. The van der Waals surface area contributed by atoms with Crippen LogP contribution in [0.25, 0.3) is 0 Å². The number of hydrogen-bond acceptors (Lipinski definition) is 3. The Morgan fingerprint density at radius 1 is 1.32 bits per heavy atom. The van der Waals surface area contributed by atoms with E-state index in [1.165, 1.54) is 19.3 Å². The van der Waals surface area contributed by atoms with Gasteiger partial charge in [0.15, 0.2) is 0 Å². The van der Waals surface area contributed by atoms with Crippen molar-refractivity contribution in [1.82, 2.24) is 4.90 Å². The second-order valence-corrected chi connectivity index (χ2v) is 7.28. The van der Waals surface area contributed by atoms with Crippen LogP contribution in [-0.2, 0) is 4.79 Å². The number of fused-ring (bicyclic) bond motifs is 1. The SMILES string of the molecule is CN(C)CCC[C@H]1CC[C@]2(C)[C@@H](C=O)CC[C@]2(O)C1. The fourth-order valence-electron chi connectivity index (χ4n) is 4.34. The van der Waals surface area contributed by atoms with Crippen LogP contribution in [0.4, 0.5) is 0 Å². The number of hydrogen-bond donors (Lipinski definition) is 1. The molecule has 2 aliphatic carbocycles. The van der Waals surface area contributed by atoms with E-state index in [-0.39, 0.29) is 11.3 Å². The number of aliphatic hydroxyl groups is 1. The first kappa shape index (κ1) is 15.0. The molecule has 110 valence electrons. The molecular formula is C16H29NO2. The molecule has 0 aliphatic heterocycles. The molecule has 2 aliphatic rings. The maximum atomic E-state index is 11.2. The van der Waals surface area contributed by atoms with Crippen LogP contribution < -0.4 is 0 Å². The molecule has 1 N–H and O–H groups in total. The van der Waals surface area contributed by atoms with Crippen molar-refractivity contribution in [3.8, 4) is 0 Å². The van der Waals surface area contributed by atoms with E-state index < -0.39 is 5.60 Å². The molecule has 19 heavy (non-hydrogen) atoms. The largest absolute Gasteiger partial charge is 0.389 e. The highest BCUT2D eigenvalue weighted by Gasteiger charge is 2.58. The molecule has 2 saturated carbocycles. The van der Waals surface area contributed by atoms with Gasteiger partial charge in [0.1, 0.15) is 6.29 Å². The summed E-state index contributed by atoms with van der Waals surface area (Å²) in [7, 11) is 4.22. The quantitative estimate of drug-likeness (QED) is 0.778. The van der Waals surface area contributed by atoms with Crippen LogP contribution in [0.1, 0.15) is 51.9 Å². The van der Waals surface area contributed by atoms with E-state index in [0.29, 0.717) is 5.92 Å². The van der Waals surface area contributed by atoms with Crippen molar-refractivity contribution in [1.29, 1.82) is 0 Å². The lowest BCUT2D eigenvalue weighted by Crippen LogP contribution is -2.50. The van der Waals surface area contributed by atoms with E-state index >= 15 is 0 Å². The van der Waals surface area contributed by atoms with E-state index in [0.717, 1.165) is 38.5 Å². The molecule has 2 rings (SSSR count). The predicted molar refractivity (Wildman–Crippen MR) is 77.0 cm³/mol. The zero-order chi connectivity index (χ0) is 14.1. The Balaban J connectivity index is 1.94. The first-order chi connectivity index (χ1) is 8.91. The minimum atomic E-state index is -0.584. The van der Waals surface area contributed by atoms with Gasteiger partial charge in [0.2, 0.25) is 0 Å². The molecule has 3 heteroatoms. The summed E-state index contributed by atoms with van der Waals surface area (Å²) in [5.74, 6) is 0.712.